The predicted octanol–water partition coefficient (Wildman–Crippen LogP) is 1.79. The normalized spacial score (nSPS) is 19.4. The highest BCUT2D eigenvalue weighted by molar-refractivity contribution is 6.05. The Morgan fingerprint density at radius 3 is 2.46 bits per heavy atom. The smallest absolute Gasteiger partial charge is 0.202 e. The minimum atomic E-state index is -1.51. The van der Waals surface area contributed by atoms with Gasteiger partial charge in [0.1, 0.15) is 22.8 Å². The number of benzene rings is 2. The molecule has 24 heavy (non-hydrogen) atoms. The molecule has 2 aromatic rings. The maximum absolute atomic E-state index is 12.4. The van der Waals surface area contributed by atoms with Crippen LogP contribution in [0.25, 0.3) is 0 Å². The largest absolute Gasteiger partial charge is 0.507 e. The number of aliphatic hydroxyl groups is 1. The molecule has 0 aromatic heterocycles. The number of ketones is 1. The van der Waals surface area contributed by atoms with Gasteiger partial charge < -0.3 is 29.5 Å². The summed E-state index contributed by atoms with van der Waals surface area (Å²) in [6.07, 6.45) is -2.52. The summed E-state index contributed by atoms with van der Waals surface area (Å²) in [4.78, 5) is 12.4. The van der Waals surface area contributed by atoms with E-state index in [1.165, 1.54) is 44.6 Å². The molecule has 7 nitrogen and oxygen atoms in total. The van der Waals surface area contributed by atoms with E-state index in [4.69, 9.17) is 14.2 Å². The zero-order chi connectivity index (χ0) is 17.4. The molecule has 7 heteroatoms. The fourth-order valence-electron chi connectivity index (χ4n) is 2.64. The van der Waals surface area contributed by atoms with Crippen molar-refractivity contribution >= 4 is 5.78 Å². The van der Waals surface area contributed by atoms with Crippen LogP contribution in [0, 0.1) is 0 Å². The number of carbonyl (C=O) groups is 1. The second kappa shape index (κ2) is 5.93. The van der Waals surface area contributed by atoms with E-state index < -0.39 is 18.0 Å². The van der Waals surface area contributed by atoms with Gasteiger partial charge in [0, 0.05) is 12.1 Å². The Morgan fingerprint density at radius 2 is 1.79 bits per heavy atom. The third kappa shape index (κ3) is 2.48. The Labute approximate surface area is 137 Å². The molecule has 0 fully saturated rings. The average Bonchev–Trinajstić information content (AvgIpc) is 2.58. The van der Waals surface area contributed by atoms with Crippen LogP contribution < -0.4 is 14.2 Å². The zero-order valence-electron chi connectivity index (χ0n) is 13.0. The van der Waals surface area contributed by atoms with E-state index in [2.05, 4.69) is 0 Å². The molecule has 1 aliphatic heterocycles. The molecule has 0 aliphatic carbocycles. The first-order chi connectivity index (χ1) is 11.5. The fourth-order valence-corrected chi connectivity index (χ4v) is 2.64. The molecule has 1 aliphatic rings. The monoisotopic (exact) mass is 332 g/mol. The first-order valence-electron chi connectivity index (χ1n) is 7.13. The molecule has 0 bridgehead atoms. The van der Waals surface area contributed by atoms with Crippen molar-refractivity contribution in [2.24, 2.45) is 0 Å². The SMILES string of the molecule is COc1cc(O)c2c(c1)O[C@H](c1ccc(O)c(OC)c1)[C@@H](O)C2=O. The minimum Gasteiger partial charge on any atom is -0.507 e. The van der Waals surface area contributed by atoms with Crippen LogP contribution in [0.2, 0.25) is 0 Å². The van der Waals surface area contributed by atoms with Crippen molar-refractivity contribution in [2.45, 2.75) is 12.2 Å². The average molecular weight is 332 g/mol. The molecule has 2 atom stereocenters. The maximum Gasteiger partial charge on any atom is 0.202 e. The molecule has 0 amide bonds. The van der Waals surface area contributed by atoms with E-state index in [-0.39, 0.29) is 28.6 Å². The third-order valence-corrected chi connectivity index (χ3v) is 3.88. The van der Waals surface area contributed by atoms with Crippen LogP contribution in [-0.2, 0) is 0 Å². The van der Waals surface area contributed by atoms with Gasteiger partial charge in [0.15, 0.2) is 23.7 Å². The predicted molar refractivity (Wildman–Crippen MR) is 83.0 cm³/mol. The standard InChI is InChI=1S/C17H16O7/c1-22-9-6-11(19)14-13(7-9)24-17(16(21)15(14)20)8-3-4-10(18)12(5-8)23-2/h3-7,16-19,21H,1-2H3/t16-,17+/m0/s1. The molecule has 0 spiro atoms. The Kier molecular flexibility index (Phi) is 3.94. The summed E-state index contributed by atoms with van der Waals surface area (Å²) in [5.41, 5.74) is 0.351. The Balaban J connectivity index is 2.07. The number of aliphatic hydroxyl groups excluding tert-OH is 1. The second-order valence-electron chi connectivity index (χ2n) is 5.30. The van der Waals surface area contributed by atoms with E-state index in [0.717, 1.165) is 0 Å². The second-order valence-corrected chi connectivity index (χ2v) is 5.30. The highest BCUT2D eigenvalue weighted by Gasteiger charge is 2.39. The van der Waals surface area contributed by atoms with Gasteiger partial charge in [0.2, 0.25) is 5.78 Å². The van der Waals surface area contributed by atoms with Crippen LogP contribution in [0.3, 0.4) is 0 Å². The van der Waals surface area contributed by atoms with Crippen LogP contribution >= 0.6 is 0 Å². The summed E-state index contributed by atoms with van der Waals surface area (Å²) >= 11 is 0. The van der Waals surface area contributed by atoms with Gasteiger partial charge in [-0.25, -0.2) is 0 Å². The quantitative estimate of drug-likeness (QED) is 0.787. The molecule has 0 saturated carbocycles. The van der Waals surface area contributed by atoms with Crippen LogP contribution in [0.1, 0.15) is 22.0 Å². The molecule has 3 N–H and O–H groups in total. The summed E-state index contributed by atoms with van der Waals surface area (Å²) in [7, 11) is 2.81. The first kappa shape index (κ1) is 15.9. The summed E-state index contributed by atoms with van der Waals surface area (Å²) in [5.74, 6) is -0.437. The molecular formula is C17H16O7. The Hall–Kier alpha value is -2.93. The molecule has 0 unspecified atom stereocenters. The van der Waals surface area contributed by atoms with Gasteiger partial charge in [0.05, 0.1) is 14.2 Å². The highest BCUT2D eigenvalue weighted by atomic mass is 16.5. The van der Waals surface area contributed by atoms with Crippen LogP contribution in [-0.4, -0.2) is 41.4 Å². The molecule has 0 saturated heterocycles. The van der Waals surface area contributed by atoms with E-state index in [9.17, 15) is 20.1 Å². The van der Waals surface area contributed by atoms with Gasteiger partial charge >= 0.3 is 0 Å². The number of ether oxygens (including phenoxy) is 3. The molecule has 1 heterocycles. The first-order valence-corrected chi connectivity index (χ1v) is 7.13. The van der Waals surface area contributed by atoms with Gasteiger partial charge in [-0.05, 0) is 17.7 Å². The fraction of sp³-hybridized carbons (Fsp3) is 0.235. The minimum absolute atomic E-state index is 0.0717. The van der Waals surface area contributed by atoms with Crippen molar-refractivity contribution in [1.82, 2.24) is 0 Å². The zero-order valence-corrected chi connectivity index (χ0v) is 13.0. The Bertz CT molecular complexity index is 800. The number of rotatable bonds is 3. The Morgan fingerprint density at radius 1 is 1.04 bits per heavy atom. The van der Waals surface area contributed by atoms with Crippen molar-refractivity contribution in [3.8, 4) is 28.7 Å². The van der Waals surface area contributed by atoms with Crippen LogP contribution in [0.15, 0.2) is 30.3 Å². The van der Waals surface area contributed by atoms with E-state index in [1.54, 1.807) is 0 Å². The number of methoxy groups -OCH3 is 2. The summed E-state index contributed by atoms with van der Waals surface area (Å²) in [6, 6.07) is 7.11. The molecule has 126 valence electrons. The molecule has 2 aromatic carbocycles. The number of aromatic hydroxyl groups is 2. The number of phenolic OH excluding ortho intramolecular Hbond substituents is 2. The number of hydrogen-bond acceptors (Lipinski definition) is 7. The van der Waals surface area contributed by atoms with E-state index >= 15 is 0 Å². The van der Waals surface area contributed by atoms with Gasteiger partial charge in [-0.3, -0.25) is 4.79 Å². The summed E-state index contributed by atoms with van der Waals surface area (Å²) < 4.78 is 15.8. The highest BCUT2D eigenvalue weighted by Crippen LogP contribution is 2.43. The lowest BCUT2D eigenvalue weighted by Crippen LogP contribution is -2.36. The van der Waals surface area contributed by atoms with Crippen molar-refractivity contribution in [3.05, 3.63) is 41.5 Å². The lowest BCUT2D eigenvalue weighted by atomic mass is 9.92. The third-order valence-electron chi connectivity index (χ3n) is 3.88. The van der Waals surface area contributed by atoms with Gasteiger partial charge in [-0.1, -0.05) is 6.07 Å². The lowest BCUT2D eigenvalue weighted by Gasteiger charge is -2.30. The number of phenols is 2. The van der Waals surface area contributed by atoms with Gasteiger partial charge in [0.25, 0.3) is 0 Å². The van der Waals surface area contributed by atoms with Crippen molar-refractivity contribution < 1.29 is 34.3 Å². The van der Waals surface area contributed by atoms with Gasteiger partial charge in [-0.2, -0.15) is 0 Å². The molecular weight excluding hydrogens is 316 g/mol. The maximum atomic E-state index is 12.4. The van der Waals surface area contributed by atoms with Crippen molar-refractivity contribution in [1.29, 1.82) is 0 Å². The molecule has 0 radical (unpaired) electrons. The number of hydrogen-bond donors (Lipinski definition) is 3. The van der Waals surface area contributed by atoms with E-state index in [0.29, 0.717) is 11.3 Å². The van der Waals surface area contributed by atoms with Crippen LogP contribution in [0.4, 0.5) is 0 Å². The summed E-state index contributed by atoms with van der Waals surface area (Å²) in [6.45, 7) is 0. The topological polar surface area (TPSA) is 105 Å². The number of Topliss-reactive ketones (excluding diaryl/α,β-unsaturated/α-hetero) is 1. The number of fused-ring (bicyclic) bond motifs is 1. The summed E-state index contributed by atoms with van der Waals surface area (Å²) in [5, 5.41) is 30.0. The molecule has 3 rings (SSSR count). The van der Waals surface area contributed by atoms with Gasteiger partial charge in [-0.15, -0.1) is 0 Å². The van der Waals surface area contributed by atoms with E-state index in [1.807, 2.05) is 0 Å². The van der Waals surface area contributed by atoms with Crippen molar-refractivity contribution in [3.63, 3.8) is 0 Å². The van der Waals surface area contributed by atoms with Crippen LogP contribution in [0.5, 0.6) is 28.7 Å². The van der Waals surface area contributed by atoms with Crippen molar-refractivity contribution in [2.75, 3.05) is 14.2 Å². The lowest BCUT2D eigenvalue weighted by molar-refractivity contribution is 0.0210. The number of carbonyl (C=O) groups excluding carboxylic acids is 1.